The van der Waals surface area contributed by atoms with E-state index >= 15 is 0 Å². The van der Waals surface area contributed by atoms with Gasteiger partial charge in [0.15, 0.2) is 0 Å². The van der Waals surface area contributed by atoms with Gasteiger partial charge in [-0.1, -0.05) is 0 Å². The van der Waals surface area contributed by atoms with Crippen LogP contribution in [-0.2, 0) is 15.1 Å². The van der Waals surface area contributed by atoms with Gasteiger partial charge in [0, 0.05) is 0 Å². The third-order valence-corrected chi connectivity index (χ3v) is 11.9. The molecule has 0 rings (SSSR count). The van der Waals surface area contributed by atoms with E-state index in [1.165, 1.54) is 0 Å². The zero-order chi connectivity index (χ0) is 19.6. The molecule has 0 heterocycles. The first-order chi connectivity index (χ1) is 12.6. The van der Waals surface area contributed by atoms with E-state index in [4.69, 9.17) is 43.7 Å². The van der Waals surface area contributed by atoms with Crippen LogP contribution in [-0.4, -0.2) is 85.3 Å². The molecule has 11 heteroatoms. The summed E-state index contributed by atoms with van der Waals surface area (Å²) in [5.74, 6) is 0. The van der Waals surface area contributed by atoms with Gasteiger partial charge in [0.1, 0.15) is 0 Å². The first-order valence-corrected chi connectivity index (χ1v) is 14.6. The molecule has 0 atom stereocenters. The molecule has 0 aliphatic heterocycles. The topological polar surface area (TPSA) is 176 Å². The zero-order valence-electron chi connectivity index (χ0n) is 16.0. The van der Waals surface area contributed by atoms with Crippen LogP contribution in [0.3, 0.4) is 0 Å². The van der Waals surface area contributed by atoms with E-state index in [0.29, 0.717) is 97.9 Å². The van der Waals surface area contributed by atoms with Crippen molar-refractivity contribution in [3.8, 4) is 0 Å². The van der Waals surface area contributed by atoms with Crippen LogP contribution in [0.25, 0.3) is 0 Å². The van der Waals surface area contributed by atoms with Crippen LogP contribution >= 0.6 is 0 Å². The molecule has 0 aromatic rings. The molecule has 0 saturated carbocycles. The molecule has 0 saturated heterocycles. The first-order valence-electron chi connectivity index (χ1n) is 9.40. The standard InChI is InChI=1S/5C3H8NO.Sb/c5*4-2-1-3-5;/h5*1-4H2;/q5*-1;+5. The van der Waals surface area contributed by atoms with Crippen LogP contribution in [0.5, 0.6) is 0 Å². The third kappa shape index (κ3) is 10.7. The van der Waals surface area contributed by atoms with E-state index < -0.39 is 19.5 Å². The van der Waals surface area contributed by atoms with Gasteiger partial charge >= 0.3 is 161 Å². The molecule has 0 unspecified atom stereocenters. The summed E-state index contributed by atoms with van der Waals surface area (Å²) in [4.78, 5) is 0. The Hall–Kier alpha value is 0.418. The molecule has 0 spiro atoms. The van der Waals surface area contributed by atoms with Gasteiger partial charge in [0.2, 0.25) is 0 Å². The van der Waals surface area contributed by atoms with Gasteiger partial charge in [-0.2, -0.15) is 0 Å². The minimum atomic E-state index is -5.29. The van der Waals surface area contributed by atoms with Crippen molar-refractivity contribution in [3.05, 3.63) is 0 Å². The summed E-state index contributed by atoms with van der Waals surface area (Å²) < 4.78 is 30.6. The van der Waals surface area contributed by atoms with E-state index in [1.54, 1.807) is 0 Å². The Bertz CT molecular complexity index is 255. The molecule has 0 aliphatic carbocycles. The van der Waals surface area contributed by atoms with Gasteiger partial charge in [0.25, 0.3) is 0 Å². The summed E-state index contributed by atoms with van der Waals surface area (Å²) in [5.41, 5.74) is 28.0. The van der Waals surface area contributed by atoms with Crippen LogP contribution < -0.4 is 28.7 Å². The molecular weight excluding hydrogens is 452 g/mol. The van der Waals surface area contributed by atoms with Crippen molar-refractivity contribution in [2.75, 3.05) is 65.8 Å². The van der Waals surface area contributed by atoms with Crippen molar-refractivity contribution < 1.29 is 15.1 Å². The fourth-order valence-corrected chi connectivity index (χ4v) is 10.1. The Balaban J connectivity index is 5.49. The Morgan fingerprint density at radius 1 is 0.385 bits per heavy atom. The molecule has 0 amide bonds. The zero-order valence-corrected chi connectivity index (χ0v) is 18.5. The number of hydrogen-bond acceptors (Lipinski definition) is 10. The average Bonchev–Trinajstić information content (AvgIpc) is 2.63. The van der Waals surface area contributed by atoms with E-state index in [-0.39, 0.29) is 0 Å². The van der Waals surface area contributed by atoms with E-state index in [9.17, 15) is 0 Å². The van der Waals surface area contributed by atoms with Gasteiger partial charge in [-0.3, -0.25) is 0 Å². The summed E-state index contributed by atoms with van der Waals surface area (Å²) in [6.07, 6.45) is 3.14. The Morgan fingerprint density at radius 2 is 0.577 bits per heavy atom. The molecule has 0 aromatic carbocycles. The quantitative estimate of drug-likeness (QED) is 0.101. The van der Waals surface area contributed by atoms with Gasteiger partial charge in [-0.25, -0.2) is 0 Å². The van der Waals surface area contributed by atoms with Gasteiger partial charge in [0.05, 0.1) is 0 Å². The SMILES string of the molecule is NCCC[O][Sb]([O]CCCN)([O]CCCN)([O]CCCN)[O]CCCN. The Kier molecular flexibility index (Phi) is 16.6. The van der Waals surface area contributed by atoms with Crippen molar-refractivity contribution in [2.45, 2.75) is 32.1 Å². The summed E-state index contributed by atoms with van der Waals surface area (Å²) in [5, 5.41) is 0. The maximum atomic E-state index is 6.11. The Morgan fingerprint density at radius 3 is 0.731 bits per heavy atom. The van der Waals surface area contributed by atoms with E-state index in [1.807, 2.05) is 0 Å². The van der Waals surface area contributed by atoms with Gasteiger partial charge < -0.3 is 0 Å². The molecule has 0 radical (unpaired) electrons. The normalized spacial score (nSPS) is 13.7. The monoisotopic (exact) mass is 491 g/mol. The Labute approximate surface area is 161 Å². The minimum absolute atomic E-state index is 0.314. The van der Waals surface area contributed by atoms with E-state index in [2.05, 4.69) is 0 Å². The van der Waals surface area contributed by atoms with Crippen molar-refractivity contribution >= 4 is 19.5 Å². The maximum absolute atomic E-state index is 6.11. The molecule has 0 aliphatic rings. The summed E-state index contributed by atoms with van der Waals surface area (Å²) in [6, 6.07) is 0. The second-order valence-corrected chi connectivity index (χ2v) is 13.6. The van der Waals surface area contributed by atoms with Crippen molar-refractivity contribution in [1.82, 2.24) is 0 Å². The molecule has 0 aromatic heterocycles. The third-order valence-electron chi connectivity index (χ3n) is 3.25. The second kappa shape index (κ2) is 16.4. The van der Waals surface area contributed by atoms with Crippen molar-refractivity contribution in [2.24, 2.45) is 28.7 Å². The molecule has 0 fully saturated rings. The number of nitrogens with two attached hydrogens (primary N) is 5. The molecule has 0 bridgehead atoms. The van der Waals surface area contributed by atoms with Crippen molar-refractivity contribution in [3.63, 3.8) is 0 Å². The fraction of sp³-hybridized carbons (Fsp3) is 1.00. The van der Waals surface area contributed by atoms with Crippen LogP contribution in [0, 0.1) is 0 Å². The summed E-state index contributed by atoms with van der Waals surface area (Å²) in [7, 11) is 0. The summed E-state index contributed by atoms with van der Waals surface area (Å²) >= 11 is -5.29. The fourth-order valence-electron chi connectivity index (χ4n) is 1.86. The van der Waals surface area contributed by atoms with E-state index in [0.717, 1.165) is 0 Å². The average molecular weight is 492 g/mol. The van der Waals surface area contributed by atoms with Gasteiger partial charge in [-0.15, -0.1) is 0 Å². The molecule has 10 nitrogen and oxygen atoms in total. The predicted molar refractivity (Wildman–Crippen MR) is 104 cm³/mol. The number of hydrogen-bond donors (Lipinski definition) is 5. The molecule has 160 valence electrons. The molecular formula is C15H40N5O5Sb. The van der Waals surface area contributed by atoms with Gasteiger partial charge in [-0.05, 0) is 0 Å². The van der Waals surface area contributed by atoms with Crippen LogP contribution in [0.1, 0.15) is 32.1 Å². The first kappa shape index (κ1) is 26.4. The molecule has 10 N–H and O–H groups in total. The predicted octanol–water partition coefficient (Wildman–Crippen LogP) is -1.30. The van der Waals surface area contributed by atoms with Crippen LogP contribution in [0.2, 0.25) is 0 Å². The van der Waals surface area contributed by atoms with Crippen LogP contribution in [0.4, 0.5) is 0 Å². The number of rotatable bonds is 20. The van der Waals surface area contributed by atoms with Crippen LogP contribution in [0.15, 0.2) is 0 Å². The summed E-state index contributed by atoms with van der Waals surface area (Å²) in [6.45, 7) is 3.94. The molecule has 26 heavy (non-hydrogen) atoms. The van der Waals surface area contributed by atoms with Crippen molar-refractivity contribution in [1.29, 1.82) is 0 Å². The second-order valence-electron chi connectivity index (χ2n) is 5.62.